The van der Waals surface area contributed by atoms with E-state index in [1.807, 2.05) is 0 Å². The fourth-order valence-electron chi connectivity index (χ4n) is 1.17. The molecule has 1 rings (SSSR count). The van der Waals surface area contributed by atoms with E-state index < -0.39 is 0 Å². The first-order valence-electron chi connectivity index (χ1n) is 4.03. The molecule has 0 atom stereocenters. The lowest BCUT2D eigenvalue weighted by molar-refractivity contribution is 0.813. The van der Waals surface area contributed by atoms with Crippen molar-refractivity contribution in [3.8, 4) is 0 Å². The van der Waals surface area contributed by atoms with Crippen molar-refractivity contribution in [2.45, 2.75) is 19.8 Å². The second-order valence-electron chi connectivity index (χ2n) is 2.78. The van der Waals surface area contributed by atoms with Crippen LogP contribution in [0.5, 0.6) is 0 Å². The Labute approximate surface area is 68.2 Å². The van der Waals surface area contributed by atoms with Crippen LogP contribution in [-0.4, -0.2) is 6.54 Å². The van der Waals surface area contributed by atoms with Crippen LogP contribution in [0, 0.1) is 6.92 Å². The lowest BCUT2D eigenvalue weighted by atomic mass is 10.0. The summed E-state index contributed by atoms with van der Waals surface area (Å²) in [5, 5.41) is 0. The number of hydrogen-bond acceptors (Lipinski definition) is 0. The zero-order valence-corrected chi connectivity index (χ0v) is 6.93. The van der Waals surface area contributed by atoms with Gasteiger partial charge in [0.2, 0.25) is 0 Å². The minimum Gasteiger partial charge on any atom is -0.258 e. The lowest BCUT2D eigenvalue weighted by Crippen LogP contribution is -1.92. The maximum Gasteiger partial charge on any atom is 0.0103 e. The third-order valence-corrected chi connectivity index (χ3v) is 1.88. The number of hydrogen-bond donors (Lipinski definition) is 0. The molecule has 0 aromatic heterocycles. The molecule has 1 heteroatoms. The summed E-state index contributed by atoms with van der Waals surface area (Å²) in [4.78, 5) is 0. The van der Waals surface area contributed by atoms with E-state index in [0.29, 0.717) is 6.54 Å². The average Bonchev–Trinajstić information content (AvgIpc) is 2.03. The molecule has 1 N–H and O–H groups in total. The first-order chi connectivity index (χ1) is 5.34. The Kier molecular flexibility index (Phi) is 3.12. The quantitative estimate of drug-likeness (QED) is 0.627. The van der Waals surface area contributed by atoms with E-state index in [1.165, 1.54) is 11.1 Å². The lowest BCUT2D eigenvalue weighted by Gasteiger charge is -2.02. The van der Waals surface area contributed by atoms with E-state index in [0.717, 1.165) is 12.8 Å². The largest absolute Gasteiger partial charge is 0.258 e. The van der Waals surface area contributed by atoms with Crippen LogP contribution >= 0.6 is 0 Å². The fraction of sp³-hybridized carbons (Fsp3) is 0.400. The summed E-state index contributed by atoms with van der Waals surface area (Å²) < 4.78 is 0. The number of aryl methyl sites for hydroxylation is 2. The number of nitrogens with one attached hydrogen (secondary N) is 1. The Bertz CT molecular complexity index is 218. The molecule has 0 amide bonds. The molecule has 1 aromatic carbocycles. The number of benzene rings is 1. The van der Waals surface area contributed by atoms with Gasteiger partial charge in [-0.15, -0.1) is 0 Å². The summed E-state index contributed by atoms with van der Waals surface area (Å²) in [6.45, 7) is 2.66. The molecule has 0 aliphatic heterocycles. The molecule has 0 heterocycles. The van der Waals surface area contributed by atoms with Crippen LogP contribution in [0.15, 0.2) is 24.3 Å². The van der Waals surface area contributed by atoms with E-state index in [9.17, 15) is 0 Å². The van der Waals surface area contributed by atoms with Gasteiger partial charge in [0.1, 0.15) is 0 Å². The summed E-state index contributed by atoms with van der Waals surface area (Å²) in [5.74, 6) is 0. The maximum absolute atomic E-state index is 7.02. The van der Waals surface area contributed by atoms with E-state index in [4.69, 9.17) is 5.73 Å². The van der Waals surface area contributed by atoms with Crippen molar-refractivity contribution in [2.24, 2.45) is 0 Å². The first kappa shape index (κ1) is 8.28. The minimum absolute atomic E-state index is 0.536. The van der Waals surface area contributed by atoms with Crippen molar-refractivity contribution in [1.29, 1.82) is 0 Å². The SMILES string of the molecule is Cc1ccccc1CCC[NH]. The molecule has 0 saturated carbocycles. The van der Waals surface area contributed by atoms with Gasteiger partial charge in [-0.05, 0) is 30.9 Å². The molecule has 59 valence electrons. The molecular formula is C10H14N. The topological polar surface area (TPSA) is 23.8 Å². The zero-order chi connectivity index (χ0) is 8.10. The van der Waals surface area contributed by atoms with Crippen LogP contribution in [0.2, 0.25) is 0 Å². The minimum atomic E-state index is 0.536. The summed E-state index contributed by atoms with van der Waals surface area (Å²) in [5.41, 5.74) is 9.76. The smallest absolute Gasteiger partial charge is 0.0103 e. The highest BCUT2D eigenvalue weighted by Gasteiger charge is 1.94. The van der Waals surface area contributed by atoms with Gasteiger partial charge in [-0.1, -0.05) is 24.3 Å². The van der Waals surface area contributed by atoms with Gasteiger partial charge in [-0.25, -0.2) is 0 Å². The fourth-order valence-corrected chi connectivity index (χ4v) is 1.17. The van der Waals surface area contributed by atoms with Gasteiger partial charge in [-0.2, -0.15) is 0 Å². The van der Waals surface area contributed by atoms with Gasteiger partial charge in [0.25, 0.3) is 0 Å². The van der Waals surface area contributed by atoms with Gasteiger partial charge in [0.15, 0.2) is 0 Å². The molecule has 0 aliphatic carbocycles. The van der Waals surface area contributed by atoms with Crippen molar-refractivity contribution >= 4 is 0 Å². The van der Waals surface area contributed by atoms with Crippen LogP contribution in [-0.2, 0) is 6.42 Å². The van der Waals surface area contributed by atoms with E-state index in [1.54, 1.807) is 0 Å². The normalized spacial score (nSPS) is 10.0. The molecule has 0 aliphatic rings. The highest BCUT2D eigenvalue weighted by molar-refractivity contribution is 5.25. The van der Waals surface area contributed by atoms with E-state index >= 15 is 0 Å². The predicted molar refractivity (Wildman–Crippen MR) is 47.5 cm³/mol. The highest BCUT2D eigenvalue weighted by Crippen LogP contribution is 2.08. The van der Waals surface area contributed by atoms with Crippen LogP contribution < -0.4 is 5.73 Å². The van der Waals surface area contributed by atoms with Gasteiger partial charge in [0.05, 0.1) is 0 Å². The second kappa shape index (κ2) is 4.14. The highest BCUT2D eigenvalue weighted by atomic mass is 14.5. The van der Waals surface area contributed by atoms with Crippen LogP contribution in [0.25, 0.3) is 0 Å². The van der Waals surface area contributed by atoms with E-state index in [2.05, 4.69) is 31.2 Å². The monoisotopic (exact) mass is 148 g/mol. The molecule has 1 nitrogen and oxygen atoms in total. The molecule has 0 saturated heterocycles. The van der Waals surface area contributed by atoms with Gasteiger partial charge in [0, 0.05) is 6.54 Å². The summed E-state index contributed by atoms with van der Waals surface area (Å²) in [6.07, 6.45) is 2.03. The second-order valence-corrected chi connectivity index (χ2v) is 2.78. The average molecular weight is 148 g/mol. The predicted octanol–water partition coefficient (Wildman–Crippen LogP) is 2.21. The van der Waals surface area contributed by atoms with Gasteiger partial charge < -0.3 is 0 Å². The summed E-state index contributed by atoms with van der Waals surface area (Å²) in [7, 11) is 0. The molecule has 0 fully saturated rings. The number of rotatable bonds is 3. The Morgan fingerprint density at radius 3 is 2.64 bits per heavy atom. The first-order valence-corrected chi connectivity index (χ1v) is 4.03. The van der Waals surface area contributed by atoms with Crippen molar-refractivity contribution in [2.75, 3.05) is 6.54 Å². The summed E-state index contributed by atoms with van der Waals surface area (Å²) in [6, 6.07) is 8.39. The zero-order valence-electron chi connectivity index (χ0n) is 6.93. The van der Waals surface area contributed by atoms with Crippen molar-refractivity contribution in [3.63, 3.8) is 0 Å². The Morgan fingerprint density at radius 2 is 2.00 bits per heavy atom. The Morgan fingerprint density at radius 1 is 1.27 bits per heavy atom. The molecule has 0 bridgehead atoms. The molecule has 1 radical (unpaired) electrons. The standard InChI is InChI=1S/C10H14N/c1-9-5-2-3-6-10(9)7-4-8-11/h2-3,5-6,11H,4,7-8H2,1H3. The van der Waals surface area contributed by atoms with Crippen molar-refractivity contribution in [3.05, 3.63) is 35.4 Å². The molecule has 0 spiro atoms. The third kappa shape index (κ3) is 2.35. The molecule has 11 heavy (non-hydrogen) atoms. The molecule has 0 unspecified atom stereocenters. The van der Waals surface area contributed by atoms with Gasteiger partial charge >= 0.3 is 0 Å². The van der Waals surface area contributed by atoms with Crippen molar-refractivity contribution in [1.82, 2.24) is 5.73 Å². The van der Waals surface area contributed by atoms with Crippen LogP contribution in [0.4, 0.5) is 0 Å². The Balaban J connectivity index is 2.62. The molecular weight excluding hydrogens is 134 g/mol. The third-order valence-electron chi connectivity index (χ3n) is 1.88. The molecule has 1 aromatic rings. The van der Waals surface area contributed by atoms with Crippen molar-refractivity contribution < 1.29 is 0 Å². The van der Waals surface area contributed by atoms with E-state index in [-0.39, 0.29) is 0 Å². The van der Waals surface area contributed by atoms with Crippen LogP contribution in [0.1, 0.15) is 17.5 Å². The maximum atomic E-state index is 7.02. The Hall–Kier alpha value is -0.820. The van der Waals surface area contributed by atoms with Gasteiger partial charge in [-0.3, -0.25) is 5.73 Å². The van der Waals surface area contributed by atoms with Crippen LogP contribution in [0.3, 0.4) is 0 Å². The summed E-state index contributed by atoms with van der Waals surface area (Å²) >= 11 is 0.